The Balaban J connectivity index is 2.02. The van der Waals surface area contributed by atoms with E-state index in [4.69, 9.17) is 9.47 Å². The largest absolute Gasteiger partial charge is 0.497 e. The van der Waals surface area contributed by atoms with Crippen LogP contribution < -0.4 is 9.47 Å². The molecule has 0 aliphatic rings. The second kappa shape index (κ2) is 5.51. The van der Waals surface area contributed by atoms with Crippen LogP contribution in [0.3, 0.4) is 0 Å². The van der Waals surface area contributed by atoms with Gasteiger partial charge in [-0.1, -0.05) is 24.3 Å². The second-order valence-electron chi connectivity index (χ2n) is 4.42. The molecule has 0 amide bonds. The molecule has 0 atom stereocenters. The zero-order chi connectivity index (χ0) is 14.7. The number of hydrogen-bond donors (Lipinski definition) is 0. The fourth-order valence-corrected chi connectivity index (χ4v) is 2.08. The summed E-state index contributed by atoms with van der Waals surface area (Å²) in [5, 5.41) is 10.1. The Kier molecular flexibility index (Phi) is 3.40. The van der Waals surface area contributed by atoms with Crippen LogP contribution >= 0.6 is 0 Å². The zero-order valence-corrected chi connectivity index (χ0v) is 11.4. The van der Waals surface area contributed by atoms with Gasteiger partial charge >= 0.3 is 0 Å². The van der Waals surface area contributed by atoms with Gasteiger partial charge in [0.2, 0.25) is 5.88 Å². The van der Waals surface area contributed by atoms with E-state index in [1.807, 2.05) is 42.5 Å². The van der Waals surface area contributed by atoms with Crippen molar-refractivity contribution < 1.29 is 9.47 Å². The van der Waals surface area contributed by atoms with Crippen LogP contribution in [-0.2, 0) is 0 Å². The van der Waals surface area contributed by atoms with Gasteiger partial charge in [-0.15, -0.1) is 0 Å². The summed E-state index contributed by atoms with van der Waals surface area (Å²) in [5.41, 5.74) is 1.27. The van der Waals surface area contributed by atoms with Gasteiger partial charge in [-0.25, -0.2) is 4.98 Å². The molecule has 1 aromatic heterocycles. The molecule has 21 heavy (non-hydrogen) atoms. The van der Waals surface area contributed by atoms with Gasteiger partial charge in [0.1, 0.15) is 17.6 Å². The van der Waals surface area contributed by atoms with Crippen molar-refractivity contribution in [2.45, 2.75) is 0 Å². The number of methoxy groups -OCH3 is 1. The Morgan fingerprint density at radius 3 is 2.62 bits per heavy atom. The fraction of sp³-hybridized carbons (Fsp3) is 0.0588. The van der Waals surface area contributed by atoms with E-state index in [-0.39, 0.29) is 0 Å². The number of nitrogens with zero attached hydrogens (tertiary/aromatic N) is 2. The maximum absolute atomic E-state index is 9.25. The van der Waals surface area contributed by atoms with Crippen molar-refractivity contribution in [2.75, 3.05) is 7.11 Å². The molecule has 1 heterocycles. The highest BCUT2D eigenvalue weighted by atomic mass is 16.5. The first-order valence-electron chi connectivity index (χ1n) is 6.42. The molecule has 4 nitrogen and oxygen atoms in total. The molecule has 0 aliphatic heterocycles. The smallest absolute Gasteiger partial charge is 0.221 e. The number of para-hydroxylation sites is 1. The summed E-state index contributed by atoms with van der Waals surface area (Å²) in [6.45, 7) is 0. The Labute approximate surface area is 122 Å². The lowest BCUT2D eigenvalue weighted by atomic mass is 10.1. The van der Waals surface area contributed by atoms with Crippen molar-refractivity contribution in [3.63, 3.8) is 0 Å². The third kappa shape index (κ3) is 2.63. The number of pyridine rings is 1. The van der Waals surface area contributed by atoms with Crippen molar-refractivity contribution in [1.29, 1.82) is 5.26 Å². The number of fused-ring (bicyclic) bond motifs is 1. The average molecular weight is 276 g/mol. The molecule has 0 saturated heterocycles. The Morgan fingerprint density at radius 1 is 1.00 bits per heavy atom. The standard InChI is InChI=1S/C17H12N2O2/c1-20-13-5-4-6-14(10-13)21-17-9-12(11-18)15-7-2-3-8-16(15)19-17/h2-10H,1H3. The minimum absolute atomic E-state index is 0.388. The highest BCUT2D eigenvalue weighted by Gasteiger charge is 2.07. The van der Waals surface area contributed by atoms with E-state index in [1.165, 1.54) is 0 Å². The van der Waals surface area contributed by atoms with Crippen LogP contribution in [0.15, 0.2) is 54.6 Å². The van der Waals surface area contributed by atoms with E-state index in [0.717, 1.165) is 10.9 Å². The van der Waals surface area contributed by atoms with Gasteiger partial charge in [-0.2, -0.15) is 5.26 Å². The van der Waals surface area contributed by atoms with E-state index in [0.29, 0.717) is 22.9 Å². The third-order valence-corrected chi connectivity index (χ3v) is 3.08. The number of hydrogen-bond acceptors (Lipinski definition) is 4. The summed E-state index contributed by atoms with van der Waals surface area (Å²) < 4.78 is 10.9. The van der Waals surface area contributed by atoms with Crippen molar-refractivity contribution in [1.82, 2.24) is 4.98 Å². The number of nitriles is 1. The number of ether oxygens (including phenoxy) is 2. The van der Waals surface area contributed by atoms with Crippen molar-refractivity contribution in [2.24, 2.45) is 0 Å². The van der Waals surface area contributed by atoms with Crippen molar-refractivity contribution >= 4 is 10.9 Å². The molecule has 0 bridgehead atoms. The molecule has 0 aliphatic carbocycles. The topological polar surface area (TPSA) is 55.1 Å². The maximum atomic E-state index is 9.25. The van der Waals surface area contributed by atoms with Gasteiger partial charge in [0, 0.05) is 17.5 Å². The summed E-state index contributed by atoms with van der Waals surface area (Å²) in [6, 6.07) is 18.6. The lowest BCUT2D eigenvalue weighted by molar-refractivity contribution is 0.407. The van der Waals surface area contributed by atoms with E-state index in [2.05, 4.69) is 11.1 Å². The minimum atomic E-state index is 0.388. The highest BCUT2D eigenvalue weighted by molar-refractivity contribution is 5.85. The average Bonchev–Trinajstić information content (AvgIpc) is 2.54. The van der Waals surface area contributed by atoms with Crippen molar-refractivity contribution in [3.05, 3.63) is 60.2 Å². The van der Waals surface area contributed by atoms with Gasteiger partial charge in [0.25, 0.3) is 0 Å². The molecule has 2 aromatic carbocycles. The maximum Gasteiger partial charge on any atom is 0.221 e. The summed E-state index contributed by atoms with van der Waals surface area (Å²) >= 11 is 0. The van der Waals surface area contributed by atoms with Crippen LogP contribution in [0.2, 0.25) is 0 Å². The van der Waals surface area contributed by atoms with Crippen LogP contribution in [0.1, 0.15) is 5.56 Å². The minimum Gasteiger partial charge on any atom is -0.497 e. The van der Waals surface area contributed by atoms with Crippen LogP contribution in [0.4, 0.5) is 0 Å². The molecule has 0 fully saturated rings. The van der Waals surface area contributed by atoms with Gasteiger partial charge in [-0.05, 0) is 18.2 Å². The molecular weight excluding hydrogens is 264 g/mol. The first-order chi connectivity index (χ1) is 10.3. The number of benzene rings is 2. The monoisotopic (exact) mass is 276 g/mol. The van der Waals surface area contributed by atoms with Gasteiger partial charge in [0.05, 0.1) is 18.2 Å². The summed E-state index contributed by atoms with van der Waals surface area (Å²) in [6.07, 6.45) is 0. The van der Waals surface area contributed by atoms with Crippen LogP contribution in [0.25, 0.3) is 10.9 Å². The summed E-state index contributed by atoms with van der Waals surface area (Å²) in [5.74, 6) is 1.70. The van der Waals surface area contributed by atoms with Gasteiger partial charge in [0.15, 0.2) is 0 Å². The van der Waals surface area contributed by atoms with Crippen molar-refractivity contribution in [3.8, 4) is 23.4 Å². The van der Waals surface area contributed by atoms with Crippen LogP contribution in [0.5, 0.6) is 17.4 Å². The van der Waals surface area contributed by atoms with E-state index >= 15 is 0 Å². The Bertz CT molecular complexity index is 838. The van der Waals surface area contributed by atoms with Gasteiger partial charge < -0.3 is 9.47 Å². The molecule has 4 heteroatoms. The molecule has 0 unspecified atom stereocenters. The third-order valence-electron chi connectivity index (χ3n) is 3.08. The molecule has 102 valence electrons. The molecule has 3 rings (SSSR count). The SMILES string of the molecule is COc1cccc(Oc2cc(C#N)c3ccccc3n2)c1. The van der Waals surface area contributed by atoms with E-state index in [9.17, 15) is 5.26 Å². The summed E-state index contributed by atoms with van der Waals surface area (Å²) in [4.78, 5) is 4.42. The molecule has 0 N–H and O–H groups in total. The zero-order valence-electron chi connectivity index (χ0n) is 11.4. The van der Waals surface area contributed by atoms with Crippen LogP contribution in [0, 0.1) is 11.3 Å². The normalized spacial score (nSPS) is 10.1. The van der Waals surface area contributed by atoms with E-state index < -0.39 is 0 Å². The lowest BCUT2D eigenvalue weighted by Crippen LogP contribution is -1.92. The Morgan fingerprint density at radius 2 is 1.81 bits per heavy atom. The fourth-order valence-electron chi connectivity index (χ4n) is 2.08. The first kappa shape index (κ1) is 12.9. The van der Waals surface area contributed by atoms with Crippen LogP contribution in [-0.4, -0.2) is 12.1 Å². The molecule has 0 saturated carbocycles. The quantitative estimate of drug-likeness (QED) is 0.727. The lowest BCUT2D eigenvalue weighted by Gasteiger charge is -2.08. The predicted octanol–water partition coefficient (Wildman–Crippen LogP) is 3.91. The Hall–Kier alpha value is -3.06. The molecule has 0 radical (unpaired) electrons. The highest BCUT2D eigenvalue weighted by Crippen LogP contribution is 2.27. The summed E-state index contributed by atoms with van der Waals surface area (Å²) in [7, 11) is 1.60. The number of rotatable bonds is 3. The molecule has 3 aromatic rings. The van der Waals surface area contributed by atoms with Gasteiger partial charge in [-0.3, -0.25) is 0 Å². The molecular formula is C17H12N2O2. The molecule has 0 spiro atoms. The number of aromatic nitrogens is 1. The first-order valence-corrected chi connectivity index (χ1v) is 6.42. The van der Waals surface area contributed by atoms with E-state index in [1.54, 1.807) is 19.2 Å². The predicted molar refractivity (Wildman–Crippen MR) is 79.5 cm³/mol. The second-order valence-corrected chi connectivity index (χ2v) is 4.42.